The van der Waals surface area contributed by atoms with E-state index in [1.807, 2.05) is 48.5 Å². The number of nitrogens with zero attached hydrogens (tertiary/aromatic N) is 2. The Bertz CT molecular complexity index is 973. The van der Waals surface area contributed by atoms with Crippen molar-refractivity contribution in [3.8, 4) is 5.75 Å². The van der Waals surface area contributed by atoms with Crippen LogP contribution in [0.15, 0.2) is 59.0 Å². The fourth-order valence-corrected chi connectivity index (χ4v) is 3.28. The van der Waals surface area contributed by atoms with Crippen molar-refractivity contribution in [2.75, 3.05) is 12.0 Å². The summed E-state index contributed by atoms with van der Waals surface area (Å²) in [5.41, 5.74) is 5.45. The van der Waals surface area contributed by atoms with Gasteiger partial charge >= 0.3 is 5.97 Å². The monoisotopic (exact) mass is 429 g/mol. The highest BCUT2D eigenvalue weighted by molar-refractivity contribution is 7.13. The molecule has 0 bridgehead atoms. The number of esters is 1. The minimum absolute atomic E-state index is 0.159. The summed E-state index contributed by atoms with van der Waals surface area (Å²) in [4.78, 5) is 15.8. The van der Waals surface area contributed by atoms with Gasteiger partial charge in [-0.25, -0.2) is 4.98 Å². The van der Waals surface area contributed by atoms with E-state index in [1.165, 1.54) is 11.3 Å². The number of hydrazone groups is 1. The Balaban J connectivity index is 1.47. The molecule has 150 valence electrons. The van der Waals surface area contributed by atoms with Crippen LogP contribution >= 0.6 is 22.9 Å². The molecule has 29 heavy (non-hydrogen) atoms. The van der Waals surface area contributed by atoms with Gasteiger partial charge in [-0.1, -0.05) is 23.7 Å². The number of ether oxygens (including phenoxy) is 2. The van der Waals surface area contributed by atoms with Gasteiger partial charge in [-0.2, -0.15) is 5.10 Å². The SMILES string of the molecule is CCOC(=O)Cc1csc(NN=Cc2ccc(OCc3cccc(Cl)c3)cc2)n1. The summed E-state index contributed by atoms with van der Waals surface area (Å²) in [5.74, 6) is 0.476. The molecule has 0 saturated heterocycles. The van der Waals surface area contributed by atoms with Crippen molar-refractivity contribution in [1.29, 1.82) is 0 Å². The van der Waals surface area contributed by atoms with E-state index in [9.17, 15) is 4.79 Å². The maximum Gasteiger partial charge on any atom is 0.311 e. The van der Waals surface area contributed by atoms with Crippen LogP contribution in [0.25, 0.3) is 0 Å². The van der Waals surface area contributed by atoms with E-state index in [1.54, 1.807) is 18.5 Å². The highest BCUT2D eigenvalue weighted by Crippen LogP contribution is 2.17. The van der Waals surface area contributed by atoms with E-state index in [0.29, 0.717) is 29.1 Å². The second kappa shape index (κ2) is 10.6. The summed E-state index contributed by atoms with van der Waals surface area (Å²) in [6.45, 7) is 2.59. The molecule has 0 fully saturated rings. The molecular formula is C21H20ClN3O3S. The van der Waals surface area contributed by atoms with Crippen LogP contribution in [-0.4, -0.2) is 23.8 Å². The fraction of sp³-hybridized carbons (Fsp3) is 0.190. The van der Waals surface area contributed by atoms with Crippen LogP contribution in [0.1, 0.15) is 23.7 Å². The highest BCUT2D eigenvalue weighted by atomic mass is 35.5. The van der Waals surface area contributed by atoms with Gasteiger partial charge in [-0.3, -0.25) is 10.2 Å². The van der Waals surface area contributed by atoms with Crippen LogP contribution in [0.4, 0.5) is 5.13 Å². The van der Waals surface area contributed by atoms with E-state index < -0.39 is 0 Å². The molecule has 6 nitrogen and oxygen atoms in total. The van der Waals surface area contributed by atoms with Crippen molar-refractivity contribution in [3.63, 3.8) is 0 Å². The molecule has 0 amide bonds. The Hall–Kier alpha value is -2.90. The molecule has 3 aromatic rings. The van der Waals surface area contributed by atoms with Crippen molar-refractivity contribution in [3.05, 3.63) is 75.8 Å². The predicted octanol–water partition coefficient (Wildman–Crippen LogP) is 4.93. The lowest BCUT2D eigenvalue weighted by Crippen LogP contribution is -2.07. The van der Waals surface area contributed by atoms with Crippen molar-refractivity contribution in [2.24, 2.45) is 5.10 Å². The van der Waals surface area contributed by atoms with Gasteiger partial charge in [0.25, 0.3) is 0 Å². The molecule has 1 aromatic heterocycles. The zero-order valence-corrected chi connectivity index (χ0v) is 17.4. The molecule has 0 spiro atoms. The van der Waals surface area contributed by atoms with Crippen LogP contribution in [0, 0.1) is 0 Å². The van der Waals surface area contributed by atoms with Gasteiger partial charge in [0.05, 0.1) is 24.9 Å². The summed E-state index contributed by atoms with van der Waals surface area (Å²) >= 11 is 7.36. The Labute approximate surface area is 178 Å². The molecule has 0 atom stereocenters. The van der Waals surface area contributed by atoms with Gasteiger partial charge < -0.3 is 9.47 Å². The molecule has 0 aliphatic rings. The first kappa shape index (κ1) is 20.8. The standard InChI is InChI=1S/C21H20ClN3O3S/c1-2-27-20(26)11-18-14-29-21(24-18)25-23-12-15-6-8-19(9-7-15)28-13-16-4-3-5-17(22)10-16/h3-10,12,14H,2,11,13H2,1H3,(H,24,25). The first-order valence-electron chi connectivity index (χ1n) is 8.99. The fourth-order valence-electron chi connectivity index (χ4n) is 2.40. The van der Waals surface area contributed by atoms with E-state index in [0.717, 1.165) is 16.9 Å². The average molecular weight is 430 g/mol. The second-order valence-electron chi connectivity index (χ2n) is 5.98. The first-order chi connectivity index (χ1) is 14.1. The van der Waals surface area contributed by atoms with Crippen LogP contribution in [0.3, 0.4) is 0 Å². The number of hydrogen-bond acceptors (Lipinski definition) is 7. The minimum atomic E-state index is -0.287. The number of aromatic nitrogens is 1. The van der Waals surface area contributed by atoms with Crippen molar-refractivity contribution in [1.82, 2.24) is 4.98 Å². The Kier molecular flexibility index (Phi) is 7.61. The summed E-state index contributed by atoms with van der Waals surface area (Å²) in [7, 11) is 0. The molecule has 0 unspecified atom stereocenters. The van der Waals surface area contributed by atoms with E-state index in [-0.39, 0.29) is 12.4 Å². The van der Waals surface area contributed by atoms with Crippen LogP contribution in [-0.2, 0) is 22.6 Å². The third kappa shape index (κ3) is 6.89. The number of anilines is 1. The number of carbonyl (C=O) groups is 1. The lowest BCUT2D eigenvalue weighted by Gasteiger charge is -2.06. The van der Waals surface area contributed by atoms with Gasteiger partial charge in [0.2, 0.25) is 5.13 Å². The topological polar surface area (TPSA) is 72.8 Å². The molecular weight excluding hydrogens is 410 g/mol. The molecule has 1 N–H and O–H groups in total. The lowest BCUT2D eigenvalue weighted by atomic mass is 10.2. The molecule has 0 aliphatic carbocycles. The van der Waals surface area contributed by atoms with Gasteiger partial charge in [-0.05, 0) is 54.4 Å². The lowest BCUT2D eigenvalue weighted by molar-refractivity contribution is -0.142. The van der Waals surface area contributed by atoms with E-state index in [4.69, 9.17) is 21.1 Å². The van der Waals surface area contributed by atoms with Gasteiger partial charge in [-0.15, -0.1) is 11.3 Å². The summed E-state index contributed by atoms with van der Waals surface area (Å²) < 4.78 is 10.7. The van der Waals surface area contributed by atoms with Gasteiger partial charge in [0, 0.05) is 10.4 Å². The van der Waals surface area contributed by atoms with Crippen molar-refractivity contribution < 1.29 is 14.3 Å². The van der Waals surface area contributed by atoms with Crippen LogP contribution in [0.2, 0.25) is 5.02 Å². The highest BCUT2D eigenvalue weighted by Gasteiger charge is 2.07. The summed E-state index contributed by atoms with van der Waals surface area (Å²) in [6, 6.07) is 15.2. The molecule has 0 aliphatic heterocycles. The summed E-state index contributed by atoms with van der Waals surface area (Å²) in [5, 5.41) is 7.29. The number of benzene rings is 2. The van der Waals surface area contributed by atoms with Crippen molar-refractivity contribution in [2.45, 2.75) is 20.0 Å². The second-order valence-corrected chi connectivity index (χ2v) is 7.28. The molecule has 1 heterocycles. The average Bonchev–Trinajstić information content (AvgIpc) is 3.15. The number of nitrogens with one attached hydrogen (secondary N) is 1. The zero-order valence-electron chi connectivity index (χ0n) is 15.8. The Morgan fingerprint density at radius 1 is 1.28 bits per heavy atom. The Morgan fingerprint density at radius 2 is 2.10 bits per heavy atom. The van der Waals surface area contributed by atoms with Gasteiger partial charge in [0.15, 0.2) is 0 Å². The predicted molar refractivity (Wildman–Crippen MR) is 116 cm³/mol. The maximum atomic E-state index is 11.5. The molecule has 3 rings (SSSR count). The minimum Gasteiger partial charge on any atom is -0.489 e. The molecule has 2 aromatic carbocycles. The number of thiazole rings is 1. The Morgan fingerprint density at radius 3 is 2.86 bits per heavy atom. The number of rotatable bonds is 9. The maximum absolute atomic E-state index is 11.5. The third-order valence-corrected chi connectivity index (χ3v) is 4.76. The number of carbonyl (C=O) groups excluding carboxylic acids is 1. The number of hydrogen-bond donors (Lipinski definition) is 1. The molecule has 8 heteroatoms. The van der Waals surface area contributed by atoms with Crippen molar-refractivity contribution >= 4 is 40.3 Å². The largest absolute Gasteiger partial charge is 0.489 e. The number of halogens is 1. The zero-order chi connectivity index (χ0) is 20.5. The normalized spacial score (nSPS) is 10.8. The third-order valence-electron chi connectivity index (χ3n) is 3.73. The van der Waals surface area contributed by atoms with Gasteiger partial charge in [0.1, 0.15) is 12.4 Å². The smallest absolute Gasteiger partial charge is 0.311 e. The molecule has 0 saturated carbocycles. The van der Waals surface area contributed by atoms with Crippen LogP contribution in [0.5, 0.6) is 5.75 Å². The van der Waals surface area contributed by atoms with Crippen LogP contribution < -0.4 is 10.2 Å². The first-order valence-corrected chi connectivity index (χ1v) is 10.2. The van der Waals surface area contributed by atoms with E-state index >= 15 is 0 Å². The summed E-state index contributed by atoms with van der Waals surface area (Å²) in [6.07, 6.45) is 1.85. The van der Waals surface area contributed by atoms with E-state index in [2.05, 4.69) is 15.5 Å². The quantitative estimate of drug-likeness (QED) is 0.296. The molecule has 0 radical (unpaired) electrons.